The Kier molecular flexibility index (Phi) is 4.53. The van der Waals surface area contributed by atoms with Gasteiger partial charge in [-0.1, -0.05) is 19.1 Å². The van der Waals surface area contributed by atoms with Crippen molar-refractivity contribution in [3.8, 4) is 11.3 Å². The summed E-state index contributed by atoms with van der Waals surface area (Å²) in [6.07, 6.45) is 4.33. The van der Waals surface area contributed by atoms with Gasteiger partial charge in [0.05, 0.1) is 16.3 Å². The molecule has 7 heteroatoms. The molecule has 1 saturated heterocycles. The summed E-state index contributed by atoms with van der Waals surface area (Å²) in [5.41, 5.74) is 10.1. The third-order valence-electron chi connectivity index (χ3n) is 5.19. The molecule has 4 rings (SSSR count). The number of likely N-dealkylation sites (tertiary alicyclic amines) is 1. The van der Waals surface area contributed by atoms with E-state index in [-0.39, 0.29) is 10.6 Å². The fraction of sp³-hybridized carbons (Fsp3) is 0.350. The molecule has 0 aliphatic carbocycles. The highest BCUT2D eigenvalue weighted by atomic mass is 16.6. The van der Waals surface area contributed by atoms with Gasteiger partial charge in [-0.2, -0.15) is 0 Å². The molecule has 1 unspecified atom stereocenters. The minimum absolute atomic E-state index is 0.0709. The molecule has 1 fully saturated rings. The number of nitrogens with two attached hydrogens (primary N) is 1. The Morgan fingerprint density at radius 2 is 2.19 bits per heavy atom. The molecule has 1 aromatic carbocycles. The molecule has 2 N–H and O–H groups in total. The largest absolute Gasteiger partial charge is 0.398 e. The summed E-state index contributed by atoms with van der Waals surface area (Å²) in [4.78, 5) is 18.0. The van der Waals surface area contributed by atoms with Crippen molar-refractivity contribution in [2.45, 2.75) is 26.3 Å². The fourth-order valence-corrected chi connectivity index (χ4v) is 3.90. The van der Waals surface area contributed by atoms with Crippen molar-refractivity contribution in [1.82, 2.24) is 14.3 Å². The number of hydrogen-bond donors (Lipinski definition) is 1. The summed E-state index contributed by atoms with van der Waals surface area (Å²) in [6, 6.07) is 10.4. The number of benzene rings is 1. The summed E-state index contributed by atoms with van der Waals surface area (Å²) in [7, 11) is 0. The van der Waals surface area contributed by atoms with Gasteiger partial charge in [0.25, 0.3) is 5.69 Å². The molecule has 0 amide bonds. The molecule has 0 bridgehead atoms. The molecular weight excluding hydrogens is 342 g/mol. The van der Waals surface area contributed by atoms with E-state index in [4.69, 9.17) is 10.7 Å². The molecule has 140 valence electrons. The van der Waals surface area contributed by atoms with Crippen molar-refractivity contribution in [1.29, 1.82) is 0 Å². The molecule has 0 spiro atoms. The van der Waals surface area contributed by atoms with Crippen LogP contribution < -0.4 is 5.73 Å². The van der Waals surface area contributed by atoms with E-state index in [1.54, 1.807) is 12.1 Å². The monoisotopic (exact) mass is 365 g/mol. The predicted molar refractivity (Wildman–Crippen MR) is 105 cm³/mol. The van der Waals surface area contributed by atoms with E-state index < -0.39 is 0 Å². The van der Waals surface area contributed by atoms with Gasteiger partial charge in [0.1, 0.15) is 5.65 Å². The Morgan fingerprint density at radius 3 is 2.96 bits per heavy atom. The van der Waals surface area contributed by atoms with Crippen LogP contribution in [-0.4, -0.2) is 32.3 Å². The van der Waals surface area contributed by atoms with Gasteiger partial charge < -0.3 is 10.1 Å². The zero-order chi connectivity index (χ0) is 19.0. The Labute approximate surface area is 157 Å². The normalized spacial score (nSPS) is 18.0. The number of aromatic nitrogens is 2. The van der Waals surface area contributed by atoms with E-state index in [0.717, 1.165) is 42.2 Å². The highest BCUT2D eigenvalue weighted by Crippen LogP contribution is 2.30. The van der Waals surface area contributed by atoms with Crippen LogP contribution in [0, 0.1) is 16.0 Å². The average molecular weight is 365 g/mol. The van der Waals surface area contributed by atoms with Crippen LogP contribution in [0.2, 0.25) is 0 Å². The molecule has 0 saturated carbocycles. The molecule has 1 aliphatic rings. The molecule has 3 heterocycles. The van der Waals surface area contributed by atoms with E-state index >= 15 is 0 Å². The third kappa shape index (κ3) is 3.50. The van der Waals surface area contributed by atoms with E-state index in [9.17, 15) is 10.1 Å². The SMILES string of the molecule is CC1CCCN(Cc2c(-c3cccc([N+](=O)[O-])c3)nc3ccc(N)cn23)C1. The molecule has 2 aromatic heterocycles. The van der Waals surface area contributed by atoms with Gasteiger partial charge in [0.2, 0.25) is 0 Å². The maximum atomic E-state index is 11.2. The van der Waals surface area contributed by atoms with Crippen molar-refractivity contribution in [2.75, 3.05) is 18.8 Å². The van der Waals surface area contributed by atoms with Crippen LogP contribution in [0.3, 0.4) is 0 Å². The lowest BCUT2D eigenvalue weighted by Crippen LogP contribution is -2.34. The number of hydrogen-bond acceptors (Lipinski definition) is 5. The smallest absolute Gasteiger partial charge is 0.270 e. The van der Waals surface area contributed by atoms with Gasteiger partial charge in [0, 0.05) is 42.7 Å². The van der Waals surface area contributed by atoms with Gasteiger partial charge in [-0.05, 0) is 37.4 Å². The molecular formula is C20H23N5O2. The van der Waals surface area contributed by atoms with Crippen LogP contribution in [0.15, 0.2) is 42.6 Å². The van der Waals surface area contributed by atoms with Crippen LogP contribution >= 0.6 is 0 Å². The first-order valence-corrected chi connectivity index (χ1v) is 9.25. The number of pyridine rings is 1. The number of anilines is 1. The van der Waals surface area contributed by atoms with Gasteiger partial charge >= 0.3 is 0 Å². The van der Waals surface area contributed by atoms with Gasteiger partial charge in [-0.3, -0.25) is 15.0 Å². The molecule has 3 aromatic rings. The Balaban J connectivity index is 1.82. The first-order chi connectivity index (χ1) is 13.0. The molecule has 7 nitrogen and oxygen atoms in total. The fourth-order valence-electron chi connectivity index (χ4n) is 3.90. The lowest BCUT2D eigenvalue weighted by Gasteiger charge is -2.30. The Hall–Kier alpha value is -2.93. The second-order valence-corrected chi connectivity index (χ2v) is 7.39. The van der Waals surface area contributed by atoms with Gasteiger partial charge in [-0.25, -0.2) is 4.98 Å². The number of imidazole rings is 1. The second kappa shape index (κ2) is 7.00. The number of nitro groups is 1. The zero-order valence-corrected chi connectivity index (χ0v) is 15.3. The van der Waals surface area contributed by atoms with Gasteiger partial charge in [0.15, 0.2) is 0 Å². The first-order valence-electron chi connectivity index (χ1n) is 9.25. The minimum atomic E-state index is -0.372. The maximum Gasteiger partial charge on any atom is 0.270 e. The highest BCUT2D eigenvalue weighted by molar-refractivity contribution is 5.69. The average Bonchev–Trinajstić information content (AvgIpc) is 2.99. The second-order valence-electron chi connectivity index (χ2n) is 7.39. The van der Waals surface area contributed by atoms with Crippen LogP contribution in [0.25, 0.3) is 16.9 Å². The predicted octanol–water partition coefficient (Wildman–Crippen LogP) is 3.72. The van der Waals surface area contributed by atoms with E-state index in [2.05, 4.69) is 11.8 Å². The standard InChI is InChI=1S/C20H23N5O2/c1-14-4-3-9-23(11-14)13-18-20(15-5-2-6-17(10-15)25(26)27)22-19-8-7-16(21)12-24(18)19/h2,5-8,10,12,14H,3-4,9,11,13,21H2,1H3. The molecule has 1 atom stereocenters. The summed E-state index contributed by atoms with van der Waals surface area (Å²) in [6.45, 7) is 5.12. The number of rotatable bonds is 4. The first kappa shape index (κ1) is 17.5. The van der Waals surface area contributed by atoms with Crippen LogP contribution in [0.5, 0.6) is 0 Å². The van der Waals surface area contributed by atoms with Crippen molar-refractivity contribution in [3.63, 3.8) is 0 Å². The number of nitrogens with zero attached hydrogens (tertiary/aromatic N) is 4. The number of nitrogen functional groups attached to an aromatic ring is 1. The summed E-state index contributed by atoms with van der Waals surface area (Å²) in [5.74, 6) is 0.671. The molecule has 1 aliphatic heterocycles. The number of fused-ring (bicyclic) bond motifs is 1. The number of piperidine rings is 1. The maximum absolute atomic E-state index is 11.2. The van der Waals surface area contributed by atoms with Crippen molar-refractivity contribution >= 4 is 17.0 Å². The Bertz CT molecular complexity index is 997. The van der Waals surface area contributed by atoms with Crippen molar-refractivity contribution in [3.05, 3.63) is 58.4 Å². The molecule has 0 radical (unpaired) electrons. The number of nitro benzene ring substituents is 1. The summed E-state index contributed by atoms with van der Waals surface area (Å²) < 4.78 is 2.02. The minimum Gasteiger partial charge on any atom is -0.398 e. The van der Waals surface area contributed by atoms with Gasteiger partial charge in [-0.15, -0.1) is 0 Å². The highest BCUT2D eigenvalue weighted by Gasteiger charge is 2.22. The third-order valence-corrected chi connectivity index (χ3v) is 5.19. The number of non-ortho nitro benzene ring substituents is 1. The lowest BCUT2D eigenvalue weighted by atomic mass is 10.00. The molecule has 27 heavy (non-hydrogen) atoms. The van der Waals surface area contributed by atoms with Crippen LogP contribution in [0.1, 0.15) is 25.5 Å². The Morgan fingerprint density at radius 1 is 1.33 bits per heavy atom. The summed E-state index contributed by atoms with van der Waals surface area (Å²) in [5, 5.41) is 11.2. The lowest BCUT2D eigenvalue weighted by molar-refractivity contribution is -0.384. The topological polar surface area (TPSA) is 89.7 Å². The summed E-state index contributed by atoms with van der Waals surface area (Å²) >= 11 is 0. The van der Waals surface area contributed by atoms with E-state index in [1.165, 1.54) is 18.9 Å². The quantitative estimate of drug-likeness (QED) is 0.562. The van der Waals surface area contributed by atoms with Crippen LogP contribution in [0.4, 0.5) is 11.4 Å². The van der Waals surface area contributed by atoms with Crippen LogP contribution in [-0.2, 0) is 6.54 Å². The zero-order valence-electron chi connectivity index (χ0n) is 15.3. The van der Waals surface area contributed by atoms with Crippen molar-refractivity contribution < 1.29 is 4.92 Å². The van der Waals surface area contributed by atoms with E-state index in [1.807, 2.05) is 28.8 Å². The van der Waals surface area contributed by atoms with E-state index in [0.29, 0.717) is 11.6 Å². The van der Waals surface area contributed by atoms with Crippen molar-refractivity contribution in [2.24, 2.45) is 5.92 Å².